The van der Waals surface area contributed by atoms with Crippen LogP contribution in [0.3, 0.4) is 0 Å². The van der Waals surface area contributed by atoms with Crippen LogP contribution in [-0.4, -0.2) is 39.9 Å². The van der Waals surface area contributed by atoms with Crippen LogP contribution < -0.4 is 4.72 Å². The molecule has 0 bridgehead atoms. The number of nitrogens with zero attached hydrogens (tertiary/aromatic N) is 1. The van der Waals surface area contributed by atoms with Crippen LogP contribution in [0.2, 0.25) is 0 Å². The molecule has 17 heavy (non-hydrogen) atoms. The first-order valence-electron chi connectivity index (χ1n) is 4.76. The maximum atomic E-state index is 11.6. The first-order valence-corrected chi connectivity index (χ1v) is 6.20. The van der Waals surface area contributed by atoms with Gasteiger partial charge in [0.2, 0.25) is 0 Å². The predicted octanol–water partition coefficient (Wildman–Crippen LogP) is 0.691. The third-order valence-corrected chi connectivity index (χ3v) is 3.49. The first kappa shape index (κ1) is 13.5. The van der Waals surface area contributed by atoms with Crippen LogP contribution in [0.1, 0.15) is 10.4 Å². The summed E-state index contributed by atoms with van der Waals surface area (Å²) in [7, 11) is 0.380. The van der Waals surface area contributed by atoms with Crippen LogP contribution in [0, 0.1) is 0 Å². The van der Waals surface area contributed by atoms with Crippen molar-refractivity contribution in [1.82, 2.24) is 4.31 Å². The van der Waals surface area contributed by atoms with Gasteiger partial charge in [0.1, 0.15) is 0 Å². The van der Waals surface area contributed by atoms with Crippen molar-refractivity contribution in [2.24, 2.45) is 0 Å². The molecule has 0 aromatic heterocycles. The van der Waals surface area contributed by atoms with Crippen LogP contribution in [-0.2, 0) is 14.9 Å². The summed E-state index contributed by atoms with van der Waals surface area (Å²) in [6.07, 6.45) is 0. The summed E-state index contributed by atoms with van der Waals surface area (Å²) >= 11 is 0. The summed E-state index contributed by atoms with van der Waals surface area (Å²) in [6, 6.07) is 6.23. The Bertz CT molecular complexity index is 511. The standard InChI is InChI=1S/C10H14N2O4S/c1-12(2)17(14,15)11-9-7-5-4-6-8(9)10(13)16-3/h4-7,11H,1-3H3. The summed E-state index contributed by atoms with van der Waals surface area (Å²) < 4.78 is 31.1. The van der Waals surface area contributed by atoms with Gasteiger partial charge in [-0.1, -0.05) is 12.1 Å². The molecule has 0 aliphatic rings. The minimum atomic E-state index is -3.64. The van der Waals surface area contributed by atoms with Gasteiger partial charge in [0.25, 0.3) is 0 Å². The number of benzene rings is 1. The fraction of sp³-hybridized carbons (Fsp3) is 0.300. The molecule has 0 spiro atoms. The molecule has 7 heteroatoms. The highest BCUT2D eigenvalue weighted by atomic mass is 32.2. The van der Waals surface area contributed by atoms with Gasteiger partial charge in [0.05, 0.1) is 18.4 Å². The maximum Gasteiger partial charge on any atom is 0.339 e. The molecule has 0 atom stereocenters. The normalized spacial score (nSPS) is 11.3. The van der Waals surface area contributed by atoms with E-state index in [0.717, 1.165) is 4.31 Å². The molecule has 0 unspecified atom stereocenters. The van der Waals surface area contributed by atoms with Crippen molar-refractivity contribution < 1.29 is 17.9 Å². The molecule has 6 nitrogen and oxygen atoms in total. The van der Waals surface area contributed by atoms with E-state index in [2.05, 4.69) is 9.46 Å². The number of ether oxygens (including phenoxy) is 1. The van der Waals surface area contributed by atoms with Crippen molar-refractivity contribution in [2.45, 2.75) is 0 Å². The minimum absolute atomic E-state index is 0.167. The van der Waals surface area contributed by atoms with E-state index in [9.17, 15) is 13.2 Å². The van der Waals surface area contributed by atoms with Crippen LogP contribution in [0.15, 0.2) is 24.3 Å². The SMILES string of the molecule is COC(=O)c1ccccc1NS(=O)(=O)N(C)C. The molecule has 0 radical (unpaired) electrons. The van der Waals surface area contributed by atoms with Crippen LogP contribution in [0.25, 0.3) is 0 Å². The van der Waals surface area contributed by atoms with E-state index in [1.165, 1.54) is 33.3 Å². The Labute approximate surface area is 100 Å². The predicted molar refractivity (Wildman–Crippen MR) is 64.0 cm³/mol. The van der Waals surface area contributed by atoms with Crippen molar-refractivity contribution in [3.8, 4) is 0 Å². The highest BCUT2D eigenvalue weighted by molar-refractivity contribution is 7.90. The lowest BCUT2D eigenvalue weighted by Gasteiger charge is -2.15. The highest BCUT2D eigenvalue weighted by Gasteiger charge is 2.18. The second-order valence-electron chi connectivity index (χ2n) is 3.43. The summed E-state index contributed by atoms with van der Waals surface area (Å²) in [5.41, 5.74) is 0.355. The summed E-state index contributed by atoms with van der Waals surface area (Å²) in [5.74, 6) is -0.595. The van der Waals surface area contributed by atoms with Crippen LogP contribution >= 0.6 is 0 Å². The van der Waals surface area contributed by atoms with Gasteiger partial charge in [-0.3, -0.25) is 4.72 Å². The van der Waals surface area contributed by atoms with E-state index in [1.54, 1.807) is 12.1 Å². The fourth-order valence-corrected chi connectivity index (χ4v) is 1.73. The number of hydrogen-bond donors (Lipinski definition) is 1. The largest absolute Gasteiger partial charge is 0.465 e. The molecule has 1 rings (SSSR count). The van der Waals surface area contributed by atoms with Gasteiger partial charge < -0.3 is 4.74 Å². The van der Waals surface area contributed by atoms with Crippen LogP contribution in [0.5, 0.6) is 0 Å². The lowest BCUT2D eigenvalue weighted by molar-refractivity contribution is 0.0602. The minimum Gasteiger partial charge on any atom is -0.465 e. The molecule has 0 amide bonds. The smallest absolute Gasteiger partial charge is 0.339 e. The Morgan fingerprint density at radius 2 is 1.88 bits per heavy atom. The maximum absolute atomic E-state index is 11.6. The molecule has 94 valence electrons. The molecule has 1 aromatic carbocycles. The Morgan fingerprint density at radius 3 is 2.41 bits per heavy atom. The lowest BCUT2D eigenvalue weighted by atomic mass is 10.2. The zero-order chi connectivity index (χ0) is 13.1. The average Bonchev–Trinajstić information content (AvgIpc) is 2.28. The van der Waals surface area contributed by atoms with Crippen molar-refractivity contribution in [1.29, 1.82) is 0 Å². The number of nitrogens with one attached hydrogen (secondary N) is 1. The van der Waals surface area contributed by atoms with Crippen molar-refractivity contribution in [3.63, 3.8) is 0 Å². The molecule has 1 N–H and O–H groups in total. The Balaban J connectivity index is 3.12. The Kier molecular flexibility index (Phi) is 4.08. The van der Waals surface area contributed by atoms with E-state index in [-0.39, 0.29) is 11.3 Å². The summed E-state index contributed by atoms with van der Waals surface area (Å²) in [5, 5.41) is 0. The summed E-state index contributed by atoms with van der Waals surface area (Å²) in [6.45, 7) is 0. The van der Waals surface area contributed by atoms with Gasteiger partial charge in [0, 0.05) is 14.1 Å². The molecule has 0 fully saturated rings. The van der Waals surface area contributed by atoms with Crippen molar-refractivity contribution in [2.75, 3.05) is 25.9 Å². The van der Waals surface area contributed by atoms with Gasteiger partial charge in [-0.2, -0.15) is 12.7 Å². The third kappa shape index (κ3) is 3.18. The van der Waals surface area contributed by atoms with E-state index in [1.807, 2.05) is 0 Å². The first-order chi connectivity index (χ1) is 7.88. The fourth-order valence-electron chi connectivity index (χ4n) is 1.09. The number of para-hydroxylation sites is 1. The second kappa shape index (κ2) is 5.15. The van der Waals surface area contributed by atoms with E-state index >= 15 is 0 Å². The monoisotopic (exact) mass is 258 g/mol. The van der Waals surface area contributed by atoms with E-state index < -0.39 is 16.2 Å². The highest BCUT2D eigenvalue weighted by Crippen LogP contribution is 2.17. The Hall–Kier alpha value is -1.60. The molecule has 0 aliphatic heterocycles. The van der Waals surface area contributed by atoms with E-state index in [0.29, 0.717) is 0 Å². The Morgan fingerprint density at radius 1 is 1.29 bits per heavy atom. The molecule has 0 saturated carbocycles. The molecular weight excluding hydrogens is 244 g/mol. The number of rotatable bonds is 4. The number of esters is 1. The quantitative estimate of drug-likeness (QED) is 0.806. The molecular formula is C10H14N2O4S. The zero-order valence-electron chi connectivity index (χ0n) is 9.80. The van der Waals surface area contributed by atoms with Crippen LogP contribution in [0.4, 0.5) is 5.69 Å². The van der Waals surface area contributed by atoms with Crippen molar-refractivity contribution in [3.05, 3.63) is 29.8 Å². The number of carbonyl (C=O) groups is 1. The molecule has 0 saturated heterocycles. The number of hydrogen-bond acceptors (Lipinski definition) is 4. The number of methoxy groups -OCH3 is 1. The van der Waals surface area contributed by atoms with E-state index in [4.69, 9.17) is 0 Å². The number of carbonyl (C=O) groups excluding carboxylic acids is 1. The van der Waals surface area contributed by atoms with Crippen molar-refractivity contribution >= 4 is 21.9 Å². The third-order valence-electron chi connectivity index (χ3n) is 2.05. The summed E-state index contributed by atoms with van der Waals surface area (Å²) in [4.78, 5) is 11.4. The lowest BCUT2D eigenvalue weighted by Crippen LogP contribution is -2.29. The topological polar surface area (TPSA) is 75.7 Å². The second-order valence-corrected chi connectivity index (χ2v) is 5.31. The average molecular weight is 258 g/mol. The molecule has 0 heterocycles. The van der Waals surface area contributed by atoms with Gasteiger partial charge in [-0.15, -0.1) is 0 Å². The van der Waals surface area contributed by atoms with Gasteiger partial charge >= 0.3 is 16.2 Å². The number of anilines is 1. The van der Waals surface area contributed by atoms with Gasteiger partial charge in [0.15, 0.2) is 0 Å². The van der Waals surface area contributed by atoms with Gasteiger partial charge in [-0.05, 0) is 12.1 Å². The zero-order valence-corrected chi connectivity index (χ0v) is 10.6. The molecule has 1 aromatic rings. The molecule has 0 aliphatic carbocycles. The van der Waals surface area contributed by atoms with Gasteiger partial charge in [-0.25, -0.2) is 4.79 Å².